The van der Waals surface area contributed by atoms with Gasteiger partial charge in [0.1, 0.15) is 17.2 Å². The van der Waals surface area contributed by atoms with Gasteiger partial charge in [0.25, 0.3) is 5.91 Å². The summed E-state index contributed by atoms with van der Waals surface area (Å²) in [5.41, 5.74) is 0.952. The largest absolute Gasteiger partial charge is 0.497 e. The maximum Gasteiger partial charge on any atom is 0.263 e. The Kier molecular flexibility index (Phi) is 5.38. The van der Waals surface area contributed by atoms with E-state index in [0.29, 0.717) is 23.8 Å². The zero-order chi connectivity index (χ0) is 20.4. The first-order chi connectivity index (χ1) is 14.1. The molecule has 0 spiro atoms. The van der Waals surface area contributed by atoms with E-state index in [-0.39, 0.29) is 18.7 Å². The molecule has 1 amide bonds. The number of amides is 1. The van der Waals surface area contributed by atoms with Gasteiger partial charge in [-0.15, -0.1) is 0 Å². The van der Waals surface area contributed by atoms with E-state index in [4.69, 9.17) is 23.7 Å². The van der Waals surface area contributed by atoms with E-state index < -0.39 is 6.10 Å². The minimum Gasteiger partial charge on any atom is -0.497 e. The second kappa shape index (κ2) is 8.11. The highest BCUT2D eigenvalue weighted by Gasteiger charge is 2.35. The van der Waals surface area contributed by atoms with E-state index in [1.807, 2.05) is 23.1 Å². The van der Waals surface area contributed by atoms with Gasteiger partial charge in [-0.05, 0) is 50.1 Å². The van der Waals surface area contributed by atoms with Crippen LogP contribution in [0.15, 0.2) is 36.4 Å². The molecule has 154 valence electrons. The maximum atomic E-state index is 13.2. The molecule has 2 atom stereocenters. The smallest absolute Gasteiger partial charge is 0.263 e. The highest BCUT2D eigenvalue weighted by Crippen LogP contribution is 2.40. The van der Waals surface area contributed by atoms with Gasteiger partial charge in [0.2, 0.25) is 6.79 Å². The predicted molar refractivity (Wildman–Crippen MR) is 106 cm³/mol. The summed E-state index contributed by atoms with van der Waals surface area (Å²) in [7, 11) is 3.27. The lowest BCUT2D eigenvalue weighted by atomic mass is 10.0. The number of likely N-dealkylation sites (tertiary alicyclic amines) is 1. The van der Waals surface area contributed by atoms with Gasteiger partial charge in [-0.3, -0.25) is 4.79 Å². The first kappa shape index (κ1) is 19.2. The van der Waals surface area contributed by atoms with E-state index >= 15 is 0 Å². The molecule has 2 heterocycles. The maximum absolute atomic E-state index is 13.2. The van der Waals surface area contributed by atoms with E-state index in [9.17, 15) is 4.79 Å². The van der Waals surface area contributed by atoms with Gasteiger partial charge in [0, 0.05) is 18.2 Å². The third-order valence-corrected chi connectivity index (χ3v) is 5.34. The zero-order valence-electron chi connectivity index (χ0n) is 16.8. The molecule has 1 fully saturated rings. The van der Waals surface area contributed by atoms with E-state index in [1.165, 1.54) is 0 Å². The fraction of sp³-hybridized carbons (Fsp3) is 0.409. The normalized spacial score (nSPS) is 18.4. The Balaban J connectivity index is 1.52. The van der Waals surface area contributed by atoms with Crippen molar-refractivity contribution in [1.29, 1.82) is 0 Å². The van der Waals surface area contributed by atoms with Crippen LogP contribution in [0.3, 0.4) is 0 Å². The standard InChI is InChI=1S/C22H25NO6/c1-14(29-16-7-9-20-21(12-16)28-13-27-20)22(24)23-10-4-5-18(23)17-11-15(25-2)6-8-19(17)26-3/h6-9,11-12,14,18H,4-5,10,13H2,1-3H3/t14-,18-/m0/s1. The number of ether oxygens (including phenoxy) is 5. The Morgan fingerprint density at radius 3 is 2.66 bits per heavy atom. The molecule has 0 N–H and O–H groups in total. The third-order valence-electron chi connectivity index (χ3n) is 5.34. The molecule has 1 saturated heterocycles. The number of methoxy groups -OCH3 is 2. The lowest BCUT2D eigenvalue weighted by Crippen LogP contribution is -2.40. The minimum absolute atomic E-state index is 0.0601. The van der Waals surface area contributed by atoms with E-state index in [2.05, 4.69) is 0 Å². The second-order valence-electron chi connectivity index (χ2n) is 7.07. The van der Waals surface area contributed by atoms with Gasteiger partial charge in [-0.1, -0.05) is 0 Å². The molecule has 29 heavy (non-hydrogen) atoms. The van der Waals surface area contributed by atoms with Gasteiger partial charge >= 0.3 is 0 Å². The summed E-state index contributed by atoms with van der Waals surface area (Å²) >= 11 is 0. The number of carbonyl (C=O) groups excluding carboxylic acids is 1. The lowest BCUT2D eigenvalue weighted by Gasteiger charge is -2.29. The van der Waals surface area contributed by atoms with E-state index in [1.54, 1.807) is 39.3 Å². The van der Waals surface area contributed by atoms with Gasteiger partial charge in [0.05, 0.1) is 20.3 Å². The predicted octanol–water partition coefficient (Wildman–Crippen LogP) is 3.56. The number of rotatable bonds is 6. The molecule has 2 aliphatic rings. The van der Waals surface area contributed by atoms with Crippen molar-refractivity contribution in [3.8, 4) is 28.7 Å². The van der Waals surface area contributed by atoms with Crippen LogP contribution >= 0.6 is 0 Å². The Labute approximate surface area is 170 Å². The van der Waals surface area contributed by atoms with Crippen molar-refractivity contribution < 1.29 is 28.5 Å². The number of hydrogen-bond acceptors (Lipinski definition) is 6. The molecule has 7 nitrogen and oxygen atoms in total. The quantitative estimate of drug-likeness (QED) is 0.740. The van der Waals surface area contributed by atoms with Crippen molar-refractivity contribution in [3.63, 3.8) is 0 Å². The fourth-order valence-corrected chi connectivity index (χ4v) is 3.89. The second-order valence-corrected chi connectivity index (χ2v) is 7.07. The van der Waals surface area contributed by atoms with Crippen LogP contribution < -0.4 is 23.7 Å². The van der Waals surface area contributed by atoms with Crippen molar-refractivity contribution in [2.24, 2.45) is 0 Å². The van der Waals surface area contributed by atoms with Gasteiger partial charge in [0.15, 0.2) is 17.6 Å². The molecule has 0 aromatic heterocycles. The first-order valence-corrected chi connectivity index (χ1v) is 9.69. The molecule has 0 unspecified atom stereocenters. The number of benzene rings is 2. The molecule has 0 aliphatic carbocycles. The summed E-state index contributed by atoms with van der Waals surface area (Å²) in [6.45, 7) is 2.65. The van der Waals surface area contributed by atoms with Crippen molar-refractivity contribution in [1.82, 2.24) is 4.90 Å². The van der Waals surface area contributed by atoms with Crippen LogP contribution in [0.4, 0.5) is 0 Å². The SMILES string of the molecule is COc1ccc(OC)c([C@@H]2CCCN2C(=O)[C@H](C)Oc2ccc3c(c2)OCO3)c1. The summed E-state index contributed by atoms with van der Waals surface area (Å²) in [4.78, 5) is 15.1. The highest BCUT2D eigenvalue weighted by molar-refractivity contribution is 5.82. The Hall–Kier alpha value is -3.09. The van der Waals surface area contributed by atoms with E-state index in [0.717, 1.165) is 29.9 Å². The summed E-state index contributed by atoms with van der Waals surface area (Å²) in [5, 5.41) is 0. The molecule has 2 aromatic rings. The molecular formula is C22H25NO6. The van der Waals surface area contributed by atoms with Crippen molar-refractivity contribution in [2.45, 2.75) is 31.9 Å². The summed E-state index contributed by atoms with van der Waals surface area (Å²) in [6.07, 6.45) is 1.16. The van der Waals surface area contributed by atoms with Gasteiger partial charge in [-0.25, -0.2) is 0 Å². The molecule has 4 rings (SSSR count). The van der Waals surface area contributed by atoms with Crippen molar-refractivity contribution in [3.05, 3.63) is 42.0 Å². The van der Waals surface area contributed by atoms with Crippen LogP contribution in [0, 0.1) is 0 Å². The molecule has 2 aliphatic heterocycles. The number of hydrogen-bond donors (Lipinski definition) is 0. The number of carbonyl (C=O) groups is 1. The minimum atomic E-state index is -0.632. The Morgan fingerprint density at radius 2 is 1.86 bits per heavy atom. The Morgan fingerprint density at radius 1 is 1.07 bits per heavy atom. The summed E-state index contributed by atoms with van der Waals surface area (Å²) in [6, 6.07) is 10.9. The molecule has 2 aromatic carbocycles. The summed E-state index contributed by atoms with van der Waals surface area (Å²) < 4.78 is 27.5. The summed E-state index contributed by atoms with van der Waals surface area (Å²) in [5.74, 6) is 3.31. The topological polar surface area (TPSA) is 66.5 Å². The number of fused-ring (bicyclic) bond motifs is 1. The first-order valence-electron chi connectivity index (χ1n) is 9.69. The molecule has 0 radical (unpaired) electrons. The van der Waals surface area contributed by atoms with Crippen LogP contribution in [0.2, 0.25) is 0 Å². The van der Waals surface area contributed by atoms with Crippen LogP contribution in [-0.2, 0) is 4.79 Å². The van der Waals surface area contributed by atoms with Crippen molar-refractivity contribution in [2.75, 3.05) is 27.6 Å². The molecular weight excluding hydrogens is 374 g/mol. The van der Waals surface area contributed by atoms with Crippen LogP contribution in [0.1, 0.15) is 31.4 Å². The average Bonchev–Trinajstić information content (AvgIpc) is 3.41. The average molecular weight is 399 g/mol. The fourth-order valence-electron chi connectivity index (χ4n) is 3.89. The zero-order valence-corrected chi connectivity index (χ0v) is 16.8. The van der Waals surface area contributed by atoms with Gasteiger partial charge < -0.3 is 28.6 Å². The molecule has 7 heteroatoms. The van der Waals surface area contributed by atoms with Crippen LogP contribution in [-0.4, -0.2) is 44.5 Å². The molecule has 0 bridgehead atoms. The number of nitrogens with zero attached hydrogens (tertiary/aromatic N) is 1. The Bertz CT molecular complexity index is 899. The monoisotopic (exact) mass is 399 g/mol. The van der Waals surface area contributed by atoms with Crippen LogP contribution in [0.5, 0.6) is 28.7 Å². The molecule has 0 saturated carbocycles. The van der Waals surface area contributed by atoms with Crippen molar-refractivity contribution >= 4 is 5.91 Å². The third kappa shape index (κ3) is 3.77. The highest BCUT2D eigenvalue weighted by atomic mass is 16.7. The van der Waals surface area contributed by atoms with Crippen LogP contribution in [0.25, 0.3) is 0 Å². The van der Waals surface area contributed by atoms with Gasteiger partial charge in [-0.2, -0.15) is 0 Å². The lowest BCUT2D eigenvalue weighted by molar-refractivity contribution is -0.139.